The molecule has 0 unspecified atom stereocenters. The van der Waals surface area contributed by atoms with E-state index < -0.39 is 0 Å². The fourth-order valence-corrected chi connectivity index (χ4v) is 1.51. The quantitative estimate of drug-likeness (QED) is 0.649. The summed E-state index contributed by atoms with van der Waals surface area (Å²) in [5, 5.41) is 8.60. The molecule has 0 aromatic carbocycles. The molecule has 0 aliphatic heterocycles. The van der Waals surface area contributed by atoms with Crippen LogP contribution in [0.1, 0.15) is 31.2 Å². The number of aromatic nitrogens is 1. The first kappa shape index (κ1) is 11.3. The van der Waals surface area contributed by atoms with Gasteiger partial charge in [0.15, 0.2) is 0 Å². The molecule has 0 atom stereocenters. The van der Waals surface area contributed by atoms with Crippen LogP contribution in [0.3, 0.4) is 0 Å². The van der Waals surface area contributed by atoms with Gasteiger partial charge in [-0.3, -0.25) is 0 Å². The van der Waals surface area contributed by atoms with Crippen molar-refractivity contribution in [2.45, 2.75) is 38.8 Å². The number of aryl methyl sites for hydroxylation is 1. The van der Waals surface area contributed by atoms with Gasteiger partial charge in [0.2, 0.25) is 0 Å². The Labute approximate surface area is 85.5 Å². The van der Waals surface area contributed by atoms with Gasteiger partial charge in [-0.25, -0.2) is 0 Å². The van der Waals surface area contributed by atoms with Gasteiger partial charge < -0.3 is 15.4 Å². The average Bonchev–Trinajstić information content (AvgIpc) is 2.65. The molecule has 0 saturated heterocycles. The molecule has 1 heterocycles. The fourth-order valence-electron chi connectivity index (χ4n) is 1.51. The number of nitrogens with zero attached hydrogens (tertiary/aromatic N) is 1. The van der Waals surface area contributed by atoms with Gasteiger partial charge in [0, 0.05) is 32.1 Å². The van der Waals surface area contributed by atoms with Crippen LogP contribution in [0, 0.1) is 0 Å². The highest BCUT2D eigenvalue weighted by molar-refractivity contribution is 5.09. The largest absolute Gasteiger partial charge is 0.396 e. The van der Waals surface area contributed by atoms with E-state index in [1.54, 1.807) is 0 Å². The zero-order chi connectivity index (χ0) is 10.2. The molecular weight excluding hydrogens is 176 g/mol. The van der Waals surface area contributed by atoms with Crippen LogP contribution in [0.2, 0.25) is 0 Å². The molecule has 1 rings (SSSR count). The molecule has 3 heteroatoms. The zero-order valence-corrected chi connectivity index (χ0v) is 8.65. The maximum Gasteiger partial charge on any atom is 0.0431 e. The van der Waals surface area contributed by atoms with E-state index in [2.05, 4.69) is 23.0 Å². The van der Waals surface area contributed by atoms with Gasteiger partial charge in [-0.05, 0) is 24.5 Å². The summed E-state index contributed by atoms with van der Waals surface area (Å²) >= 11 is 0. The Bertz CT molecular complexity index is 245. The third-order valence-corrected chi connectivity index (χ3v) is 2.37. The van der Waals surface area contributed by atoms with Crippen LogP contribution in [-0.2, 0) is 13.1 Å². The Balaban J connectivity index is 2.12. The van der Waals surface area contributed by atoms with Crippen LogP contribution in [0.25, 0.3) is 0 Å². The van der Waals surface area contributed by atoms with Crippen LogP contribution in [0.4, 0.5) is 0 Å². The van der Waals surface area contributed by atoms with Crippen molar-refractivity contribution in [1.29, 1.82) is 0 Å². The zero-order valence-electron chi connectivity index (χ0n) is 8.65. The first-order valence-electron chi connectivity index (χ1n) is 5.32. The summed E-state index contributed by atoms with van der Waals surface area (Å²) in [6.07, 6.45) is 8.61. The molecular formula is C11H20N2O. The van der Waals surface area contributed by atoms with E-state index in [0.717, 1.165) is 19.4 Å². The number of unbranched alkanes of at least 4 members (excludes halogenated alkanes) is 3. The Kier molecular flexibility index (Phi) is 5.33. The summed E-state index contributed by atoms with van der Waals surface area (Å²) in [6, 6.07) is 2.06. The van der Waals surface area contributed by atoms with Gasteiger partial charge in [-0.15, -0.1) is 0 Å². The van der Waals surface area contributed by atoms with Crippen molar-refractivity contribution in [3.63, 3.8) is 0 Å². The molecule has 3 N–H and O–H groups in total. The van der Waals surface area contributed by atoms with Gasteiger partial charge >= 0.3 is 0 Å². The highest BCUT2D eigenvalue weighted by Gasteiger charge is 1.94. The smallest absolute Gasteiger partial charge is 0.0431 e. The van der Waals surface area contributed by atoms with Gasteiger partial charge in [0.1, 0.15) is 0 Å². The van der Waals surface area contributed by atoms with Crippen molar-refractivity contribution in [3.8, 4) is 0 Å². The molecule has 80 valence electrons. The summed E-state index contributed by atoms with van der Waals surface area (Å²) < 4.78 is 2.18. The monoisotopic (exact) mass is 196 g/mol. The molecule has 14 heavy (non-hydrogen) atoms. The van der Waals surface area contributed by atoms with Crippen molar-refractivity contribution in [2.75, 3.05) is 6.61 Å². The van der Waals surface area contributed by atoms with Crippen molar-refractivity contribution in [1.82, 2.24) is 4.57 Å². The number of hydrogen-bond acceptors (Lipinski definition) is 2. The molecule has 1 aromatic heterocycles. The first-order valence-corrected chi connectivity index (χ1v) is 5.32. The van der Waals surface area contributed by atoms with Crippen LogP contribution in [-0.4, -0.2) is 16.3 Å². The second-order valence-corrected chi connectivity index (χ2v) is 3.60. The minimum atomic E-state index is 0.320. The second-order valence-electron chi connectivity index (χ2n) is 3.60. The molecule has 0 radical (unpaired) electrons. The average molecular weight is 196 g/mol. The normalized spacial score (nSPS) is 10.7. The van der Waals surface area contributed by atoms with E-state index in [1.165, 1.54) is 18.4 Å². The molecule has 3 nitrogen and oxygen atoms in total. The Morgan fingerprint density at radius 1 is 1.21 bits per heavy atom. The molecule has 0 amide bonds. The van der Waals surface area contributed by atoms with E-state index in [1.807, 2.05) is 0 Å². The molecule has 0 bridgehead atoms. The molecule has 0 saturated carbocycles. The maximum atomic E-state index is 8.60. The van der Waals surface area contributed by atoms with Gasteiger partial charge in [-0.2, -0.15) is 0 Å². The lowest BCUT2D eigenvalue weighted by Gasteiger charge is -2.02. The number of aliphatic hydroxyl groups excluding tert-OH is 1. The summed E-state index contributed by atoms with van der Waals surface area (Å²) in [7, 11) is 0. The van der Waals surface area contributed by atoms with Crippen LogP contribution >= 0.6 is 0 Å². The Hall–Kier alpha value is -0.800. The number of nitrogens with two attached hydrogens (primary N) is 1. The SMILES string of the molecule is NCc1ccn(CCCCCCO)c1. The summed E-state index contributed by atoms with van der Waals surface area (Å²) in [6.45, 7) is 2.00. The van der Waals surface area contributed by atoms with Crippen LogP contribution in [0.5, 0.6) is 0 Å². The van der Waals surface area contributed by atoms with Gasteiger partial charge in [-0.1, -0.05) is 12.8 Å². The van der Waals surface area contributed by atoms with Crippen molar-refractivity contribution in [3.05, 3.63) is 24.0 Å². The maximum absolute atomic E-state index is 8.60. The Morgan fingerprint density at radius 3 is 2.64 bits per heavy atom. The topological polar surface area (TPSA) is 51.2 Å². The third kappa shape index (κ3) is 3.94. The van der Waals surface area contributed by atoms with E-state index in [-0.39, 0.29) is 0 Å². The molecule has 0 fully saturated rings. The van der Waals surface area contributed by atoms with Crippen LogP contribution < -0.4 is 5.73 Å². The standard InChI is InChI=1S/C11H20N2O/c12-9-11-5-7-13(10-11)6-3-1-2-4-8-14/h5,7,10,14H,1-4,6,8-9,12H2. The van der Waals surface area contributed by atoms with Gasteiger partial charge in [0.25, 0.3) is 0 Å². The lowest BCUT2D eigenvalue weighted by molar-refractivity contribution is 0.282. The number of rotatable bonds is 7. The predicted octanol–water partition coefficient (Wildman–Crippen LogP) is 1.50. The van der Waals surface area contributed by atoms with Gasteiger partial charge in [0.05, 0.1) is 0 Å². The molecule has 0 spiro atoms. The van der Waals surface area contributed by atoms with Crippen molar-refractivity contribution in [2.24, 2.45) is 5.73 Å². The number of aliphatic hydroxyl groups is 1. The van der Waals surface area contributed by atoms with E-state index in [0.29, 0.717) is 13.2 Å². The summed E-state index contributed by atoms with van der Waals surface area (Å²) in [5.74, 6) is 0. The van der Waals surface area contributed by atoms with E-state index >= 15 is 0 Å². The number of hydrogen-bond donors (Lipinski definition) is 2. The molecule has 1 aromatic rings. The highest BCUT2D eigenvalue weighted by atomic mass is 16.2. The van der Waals surface area contributed by atoms with Crippen molar-refractivity contribution < 1.29 is 5.11 Å². The summed E-state index contributed by atoms with van der Waals surface area (Å²) in [5.41, 5.74) is 6.71. The third-order valence-electron chi connectivity index (χ3n) is 2.37. The second kappa shape index (κ2) is 6.62. The van der Waals surface area contributed by atoms with E-state index in [4.69, 9.17) is 10.8 Å². The van der Waals surface area contributed by atoms with E-state index in [9.17, 15) is 0 Å². The minimum absolute atomic E-state index is 0.320. The fraction of sp³-hybridized carbons (Fsp3) is 0.636. The first-order chi connectivity index (χ1) is 6.86. The predicted molar refractivity (Wildman–Crippen MR) is 57.9 cm³/mol. The molecule has 0 aliphatic carbocycles. The van der Waals surface area contributed by atoms with Crippen LogP contribution in [0.15, 0.2) is 18.5 Å². The minimum Gasteiger partial charge on any atom is -0.396 e. The van der Waals surface area contributed by atoms with Crippen molar-refractivity contribution >= 4 is 0 Å². The summed E-state index contributed by atoms with van der Waals surface area (Å²) in [4.78, 5) is 0. The molecule has 0 aliphatic rings. The highest BCUT2D eigenvalue weighted by Crippen LogP contribution is 2.04. The Morgan fingerprint density at radius 2 is 2.00 bits per heavy atom. The lowest BCUT2D eigenvalue weighted by Crippen LogP contribution is -1.97. The lowest BCUT2D eigenvalue weighted by atomic mass is 10.2.